The second-order valence-corrected chi connectivity index (χ2v) is 9.07. The van der Waals surface area contributed by atoms with E-state index in [4.69, 9.17) is 4.74 Å². The molecular formula is C26H22Br2N2O2. The number of aryl methyl sites for hydroxylation is 1. The third kappa shape index (κ3) is 6.32. The largest absolute Gasteiger partial charge is 0.487 e. The Labute approximate surface area is 205 Å². The van der Waals surface area contributed by atoms with Crippen molar-refractivity contribution in [3.05, 3.63) is 104 Å². The fourth-order valence-corrected chi connectivity index (χ4v) is 4.51. The van der Waals surface area contributed by atoms with Crippen LogP contribution in [0.2, 0.25) is 0 Å². The van der Waals surface area contributed by atoms with Crippen molar-refractivity contribution in [3.8, 4) is 11.8 Å². The number of amides is 1. The summed E-state index contributed by atoms with van der Waals surface area (Å²) < 4.78 is 7.42. The molecule has 0 aromatic heterocycles. The summed E-state index contributed by atoms with van der Waals surface area (Å²) in [6, 6.07) is 23.2. The summed E-state index contributed by atoms with van der Waals surface area (Å²) >= 11 is 7.07. The van der Waals surface area contributed by atoms with Crippen molar-refractivity contribution < 1.29 is 9.53 Å². The molecule has 3 aromatic rings. The summed E-state index contributed by atoms with van der Waals surface area (Å²) in [6.07, 6.45) is 1.56. The molecule has 0 heterocycles. The Kier molecular flexibility index (Phi) is 8.26. The molecule has 0 aliphatic rings. The lowest BCUT2D eigenvalue weighted by molar-refractivity contribution is -0.117. The Balaban J connectivity index is 1.74. The van der Waals surface area contributed by atoms with Crippen LogP contribution in [-0.2, 0) is 11.4 Å². The van der Waals surface area contributed by atoms with E-state index < -0.39 is 5.91 Å². The predicted octanol–water partition coefficient (Wildman–Crippen LogP) is 6.88. The number of rotatable bonds is 7. The molecule has 0 saturated heterocycles. The van der Waals surface area contributed by atoms with Gasteiger partial charge >= 0.3 is 0 Å². The maximum atomic E-state index is 12.6. The molecule has 1 amide bonds. The molecular weight excluding hydrogens is 532 g/mol. The van der Waals surface area contributed by atoms with Gasteiger partial charge in [-0.25, -0.2) is 0 Å². The van der Waals surface area contributed by atoms with Crippen LogP contribution in [0.4, 0.5) is 0 Å². The van der Waals surface area contributed by atoms with E-state index in [0.29, 0.717) is 17.9 Å². The highest BCUT2D eigenvalue weighted by Gasteiger charge is 2.15. The first-order valence-corrected chi connectivity index (χ1v) is 11.6. The number of carbonyl (C=O) groups is 1. The van der Waals surface area contributed by atoms with Crippen molar-refractivity contribution in [3.63, 3.8) is 0 Å². The molecule has 0 spiro atoms. The normalized spacial score (nSPS) is 12.0. The van der Waals surface area contributed by atoms with Crippen molar-refractivity contribution in [2.75, 3.05) is 0 Å². The van der Waals surface area contributed by atoms with E-state index in [9.17, 15) is 10.1 Å². The van der Waals surface area contributed by atoms with Gasteiger partial charge in [0.2, 0.25) is 0 Å². The second-order valence-electron chi connectivity index (χ2n) is 7.36. The molecule has 0 fully saturated rings. The maximum absolute atomic E-state index is 12.6. The number of carbonyl (C=O) groups excluding carboxylic acids is 1. The quantitative estimate of drug-likeness (QED) is 0.256. The first-order valence-electron chi connectivity index (χ1n) is 10.0. The molecule has 162 valence electrons. The smallest absolute Gasteiger partial charge is 0.262 e. The lowest BCUT2D eigenvalue weighted by Gasteiger charge is -2.14. The molecule has 0 aliphatic heterocycles. The fourth-order valence-electron chi connectivity index (χ4n) is 3.06. The zero-order valence-corrected chi connectivity index (χ0v) is 20.9. The van der Waals surface area contributed by atoms with E-state index in [-0.39, 0.29) is 11.6 Å². The van der Waals surface area contributed by atoms with Crippen LogP contribution in [0.5, 0.6) is 5.75 Å². The van der Waals surface area contributed by atoms with Crippen molar-refractivity contribution in [2.24, 2.45) is 0 Å². The minimum Gasteiger partial charge on any atom is -0.487 e. The lowest BCUT2D eigenvalue weighted by atomic mass is 10.1. The molecule has 1 N–H and O–H groups in total. The molecule has 0 bridgehead atoms. The highest BCUT2D eigenvalue weighted by atomic mass is 79.9. The van der Waals surface area contributed by atoms with Crippen LogP contribution >= 0.6 is 31.9 Å². The molecule has 0 saturated carbocycles. The fraction of sp³-hybridized carbons (Fsp3) is 0.154. The molecule has 0 radical (unpaired) electrons. The lowest BCUT2D eigenvalue weighted by Crippen LogP contribution is -2.27. The first kappa shape index (κ1) is 23.8. The van der Waals surface area contributed by atoms with Crippen LogP contribution in [0.3, 0.4) is 0 Å². The van der Waals surface area contributed by atoms with E-state index >= 15 is 0 Å². The number of hydrogen-bond donors (Lipinski definition) is 1. The number of nitriles is 1. The van der Waals surface area contributed by atoms with E-state index in [1.165, 1.54) is 5.56 Å². The van der Waals surface area contributed by atoms with Gasteiger partial charge in [0.1, 0.15) is 24.0 Å². The standard InChI is InChI=1S/C26H22Br2N2O2/c1-17-8-10-19(11-9-17)16-32-25-23(27)13-20(14-24(25)28)12-22(15-29)26(31)30-18(2)21-6-4-3-5-7-21/h3-14,18H,16H2,1-2H3,(H,30,31)/b22-12-/t18-/m1/s1. The van der Waals surface area contributed by atoms with Crippen molar-refractivity contribution in [1.29, 1.82) is 5.26 Å². The zero-order valence-electron chi connectivity index (χ0n) is 17.7. The van der Waals surface area contributed by atoms with E-state index in [0.717, 1.165) is 20.1 Å². The second kappa shape index (κ2) is 11.1. The average molecular weight is 554 g/mol. The van der Waals surface area contributed by atoms with E-state index in [1.807, 2.05) is 86.6 Å². The number of benzene rings is 3. The number of hydrogen-bond acceptors (Lipinski definition) is 3. The highest BCUT2D eigenvalue weighted by molar-refractivity contribution is 9.11. The van der Waals surface area contributed by atoms with Gasteiger partial charge in [0.25, 0.3) is 5.91 Å². The Morgan fingerprint density at radius 1 is 1.09 bits per heavy atom. The number of nitrogens with one attached hydrogen (secondary N) is 1. The third-order valence-corrected chi connectivity index (χ3v) is 6.03. The van der Waals surface area contributed by atoms with Crippen molar-refractivity contribution in [2.45, 2.75) is 26.5 Å². The minimum absolute atomic E-state index is 0.0277. The summed E-state index contributed by atoms with van der Waals surface area (Å²) in [5.41, 5.74) is 3.96. The van der Waals surface area contributed by atoms with Gasteiger partial charge in [-0.15, -0.1) is 0 Å². The van der Waals surface area contributed by atoms with Gasteiger partial charge in [-0.3, -0.25) is 4.79 Å². The first-order chi connectivity index (χ1) is 15.4. The number of nitrogens with zero attached hydrogens (tertiary/aromatic N) is 1. The van der Waals surface area contributed by atoms with Crippen molar-refractivity contribution in [1.82, 2.24) is 5.32 Å². The number of ether oxygens (including phenoxy) is 1. The summed E-state index contributed by atoms with van der Waals surface area (Å²) in [7, 11) is 0. The van der Waals surface area contributed by atoms with E-state index in [1.54, 1.807) is 6.08 Å². The molecule has 1 atom stereocenters. The van der Waals surface area contributed by atoms with Crippen LogP contribution in [0.25, 0.3) is 6.08 Å². The summed E-state index contributed by atoms with van der Waals surface area (Å²) in [5, 5.41) is 12.4. The molecule has 32 heavy (non-hydrogen) atoms. The minimum atomic E-state index is -0.421. The molecule has 3 aromatic carbocycles. The van der Waals surface area contributed by atoms with Crippen LogP contribution < -0.4 is 10.1 Å². The van der Waals surface area contributed by atoms with Gasteiger partial charge in [0.15, 0.2) is 0 Å². The zero-order chi connectivity index (χ0) is 23.1. The maximum Gasteiger partial charge on any atom is 0.262 e. The Bertz CT molecular complexity index is 1140. The average Bonchev–Trinajstić information content (AvgIpc) is 2.78. The molecule has 0 unspecified atom stereocenters. The van der Waals surface area contributed by atoms with Gasteiger partial charge < -0.3 is 10.1 Å². The van der Waals surface area contributed by atoms with Crippen LogP contribution in [0.15, 0.2) is 81.2 Å². The van der Waals surface area contributed by atoms with Crippen LogP contribution in [-0.4, -0.2) is 5.91 Å². The van der Waals surface area contributed by atoms with Gasteiger partial charge in [-0.2, -0.15) is 5.26 Å². The SMILES string of the molecule is Cc1ccc(COc2c(Br)cc(/C=C(/C#N)C(=O)N[C@H](C)c3ccccc3)cc2Br)cc1. The predicted molar refractivity (Wildman–Crippen MR) is 134 cm³/mol. The summed E-state index contributed by atoms with van der Waals surface area (Å²) in [4.78, 5) is 12.6. The van der Waals surface area contributed by atoms with Gasteiger partial charge in [-0.1, -0.05) is 60.2 Å². The molecule has 6 heteroatoms. The Morgan fingerprint density at radius 2 is 1.72 bits per heavy atom. The topological polar surface area (TPSA) is 62.1 Å². The van der Waals surface area contributed by atoms with Crippen molar-refractivity contribution >= 4 is 43.8 Å². The van der Waals surface area contributed by atoms with Gasteiger partial charge in [0.05, 0.1) is 15.0 Å². The molecule has 4 nitrogen and oxygen atoms in total. The monoisotopic (exact) mass is 552 g/mol. The summed E-state index contributed by atoms with van der Waals surface area (Å²) in [5.74, 6) is 0.235. The Morgan fingerprint density at radius 3 is 2.31 bits per heavy atom. The third-order valence-electron chi connectivity index (χ3n) is 4.85. The molecule has 0 aliphatic carbocycles. The van der Waals surface area contributed by atoms with Gasteiger partial charge in [-0.05, 0) is 80.6 Å². The summed E-state index contributed by atoms with van der Waals surface area (Å²) in [6.45, 7) is 4.35. The highest BCUT2D eigenvalue weighted by Crippen LogP contribution is 2.36. The van der Waals surface area contributed by atoms with Crippen LogP contribution in [0, 0.1) is 18.3 Å². The molecule has 3 rings (SSSR count). The van der Waals surface area contributed by atoms with Crippen LogP contribution in [0.1, 0.15) is 35.2 Å². The van der Waals surface area contributed by atoms with E-state index in [2.05, 4.69) is 37.2 Å². The number of halogens is 2. The Hall–Kier alpha value is -2.88. The van der Waals surface area contributed by atoms with Gasteiger partial charge in [0, 0.05) is 0 Å².